The smallest absolute Gasteiger partial charge is 0.286 e. The zero-order valence-corrected chi connectivity index (χ0v) is 15.6. The largest absolute Gasteiger partial charge is 0.459 e. The van der Waals surface area contributed by atoms with Crippen LogP contribution in [0.1, 0.15) is 29.0 Å². The van der Waals surface area contributed by atoms with Gasteiger partial charge in [-0.3, -0.25) is 4.79 Å². The summed E-state index contributed by atoms with van der Waals surface area (Å²) in [5.41, 5.74) is 2.95. The average Bonchev–Trinajstić information content (AvgIpc) is 3.25. The van der Waals surface area contributed by atoms with Gasteiger partial charge in [0.25, 0.3) is 5.91 Å². The van der Waals surface area contributed by atoms with Crippen LogP contribution in [0.2, 0.25) is 0 Å². The number of aliphatic hydroxyl groups is 1. The van der Waals surface area contributed by atoms with E-state index in [1.54, 1.807) is 11.3 Å². The number of thiophene rings is 1. The molecule has 0 saturated heterocycles. The fourth-order valence-electron chi connectivity index (χ4n) is 2.79. The highest BCUT2D eigenvalue weighted by Crippen LogP contribution is 2.32. The Morgan fingerprint density at radius 1 is 1.33 bits per heavy atom. The maximum atomic E-state index is 12.3. The van der Waals surface area contributed by atoms with E-state index in [0.717, 1.165) is 16.7 Å². The average molecular weight is 383 g/mol. The first-order valence-electron chi connectivity index (χ1n) is 8.62. The lowest BCUT2D eigenvalue weighted by Crippen LogP contribution is -2.33. The van der Waals surface area contributed by atoms with Gasteiger partial charge in [0, 0.05) is 12.3 Å². The molecule has 0 saturated carbocycles. The first-order valence-corrected chi connectivity index (χ1v) is 9.56. The summed E-state index contributed by atoms with van der Waals surface area (Å²) in [6.07, 6.45) is 7.11. The minimum atomic E-state index is -0.538. The van der Waals surface area contributed by atoms with Crippen LogP contribution in [0.25, 0.3) is 0 Å². The van der Waals surface area contributed by atoms with Gasteiger partial charge < -0.3 is 19.9 Å². The van der Waals surface area contributed by atoms with Crippen molar-refractivity contribution in [2.24, 2.45) is 0 Å². The van der Waals surface area contributed by atoms with E-state index in [1.165, 1.54) is 0 Å². The molecule has 2 aromatic rings. The lowest BCUT2D eigenvalue weighted by atomic mass is 9.95. The fourth-order valence-corrected chi connectivity index (χ4v) is 3.51. The third kappa shape index (κ3) is 5.20. The maximum Gasteiger partial charge on any atom is 0.286 e. The number of amides is 1. The van der Waals surface area contributed by atoms with Crippen molar-refractivity contribution in [1.29, 1.82) is 0 Å². The molecule has 0 aliphatic carbocycles. The van der Waals surface area contributed by atoms with Gasteiger partial charge in [0.1, 0.15) is 0 Å². The monoisotopic (exact) mass is 383 g/mol. The van der Waals surface area contributed by atoms with Crippen molar-refractivity contribution in [2.75, 3.05) is 6.54 Å². The van der Waals surface area contributed by atoms with Crippen LogP contribution in [0, 0.1) is 12.3 Å². The van der Waals surface area contributed by atoms with E-state index in [4.69, 9.17) is 21.0 Å². The molecule has 2 N–H and O–H groups in total. The van der Waals surface area contributed by atoms with Crippen LogP contribution in [-0.4, -0.2) is 23.8 Å². The van der Waals surface area contributed by atoms with Crippen molar-refractivity contribution in [3.05, 3.63) is 69.6 Å². The molecule has 2 heterocycles. The SMILES string of the molecule is C#CCNC(=O)C1=C[C@H](c2ccsc2)C[C@H](OCc2ccc(CO)cc2)O1. The van der Waals surface area contributed by atoms with Crippen LogP contribution < -0.4 is 5.32 Å². The molecule has 0 spiro atoms. The maximum absolute atomic E-state index is 12.3. The van der Waals surface area contributed by atoms with E-state index in [2.05, 4.69) is 16.6 Å². The molecule has 1 amide bonds. The fraction of sp³-hybridized carbons (Fsp3) is 0.286. The van der Waals surface area contributed by atoms with Crippen molar-refractivity contribution in [3.63, 3.8) is 0 Å². The number of ether oxygens (including phenoxy) is 2. The first kappa shape index (κ1) is 19.2. The minimum absolute atomic E-state index is 0.0100. The number of benzene rings is 1. The van der Waals surface area contributed by atoms with Crippen LogP contribution in [0.4, 0.5) is 0 Å². The van der Waals surface area contributed by atoms with Crippen molar-refractivity contribution in [2.45, 2.75) is 31.8 Å². The van der Waals surface area contributed by atoms with Crippen molar-refractivity contribution < 1.29 is 19.4 Å². The molecule has 0 radical (unpaired) electrons. The standard InChI is InChI=1S/C21H21NO4S/c1-2-8-22-21(24)19-10-18(17-7-9-27-14-17)11-20(26-19)25-13-16-5-3-15(12-23)4-6-16/h1,3-7,9-10,14,18,20,23H,8,11-13H2,(H,22,24)/t18-,20+/m0/s1. The van der Waals surface area contributed by atoms with E-state index in [0.29, 0.717) is 13.0 Å². The summed E-state index contributed by atoms with van der Waals surface area (Å²) in [5.74, 6) is 2.31. The van der Waals surface area contributed by atoms with Gasteiger partial charge in [0.05, 0.1) is 19.8 Å². The van der Waals surface area contributed by atoms with Crippen LogP contribution in [-0.2, 0) is 27.5 Å². The van der Waals surface area contributed by atoms with E-state index in [9.17, 15) is 4.79 Å². The molecular formula is C21H21NO4S. The van der Waals surface area contributed by atoms with Crippen LogP contribution in [0.15, 0.2) is 52.9 Å². The summed E-state index contributed by atoms with van der Waals surface area (Å²) in [5, 5.41) is 15.8. The number of carbonyl (C=O) groups is 1. The predicted octanol–water partition coefficient (Wildman–Crippen LogP) is 2.92. The summed E-state index contributed by atoms with van der Waals surface area (Å²) < 4.78 is 11.7. The van der Waals surface area contributed by atoms with E-state index in [1.807, 2.05) is 41.8 Å². The van der Waals surface area contributed by atoms with E-state index < -0.39 is 6.29 Å². The lowest BCUT2D eigenvalue weighted by Gasteiger charge is -2.28. The van der Waals surface area contributed by atoms with E-state index in [-0.39, 0.29) is 30.7 Å². The normalized spacial score (nSPS) is 18.9. The van der Waals surface area contributed by atoms with Crippen LogP contribution in [0.5, 0.6) is 0 Å². The molecule has 6 heteroatoms. The Hall–Kier alpha value is -2.59. The zero-order valence-electron chi connectivity index (χ0n) is 14.8. The summed E-state index contributed by atoms with van der Waals surface area (Å²) in [7, 11) is 0. The molecule has 27 heavy (non-hydrogen) atoms. The summed E-state index contributed by atoms with van der Waals surface area (Å²) in [6, 6.07) is 9.56. The van der Waals surface area contributed by atoms with Gasteiger partial charge in [-0.2, -0.15) is 11.3 Å². The molecule has 0 unspecified atom stereocenters. The number of carbonyl (C=O) groups excluding carboxylic acids is 1. The summed E-state index contributed by atoms with van der Waals surface area (Å²) >= 11 is 1.61. The zero-order chi connectivity index (χ0) is 19.1. The number of rotatable bonds is 7. The Morgan fingerprint density at radius 3 is 2.78 bits per heavy atom. The Bertz CT molecular complexity index is 821. The van der Waals surface area contributed by atoms with Gasteiger partial charge >= 0.3 is 0 Å². The third-order valence-electron chi connectivity index (χ3n) is 4.24. The van der Waals surface area contributed by atoms with E-state index >= 15 is 0 Å². The molecule has 3 rings (SSSR count). The highest BCUT2D eigenvalue weighted by Gasteiger charge is 2.28. The Kier molecular flexibility index (Phi) is 6.66. The number of hydrogen-bond acceptors (Lipinski definition) is 5. The molecule has 1 aromatic heterocycles. The number of hydrogen-bond donors (Lipinski definition) is 2. The van der Waals surface area contributed by atoms with Gasteiger partial charge in [-0.05, 0) is 39.6 Å². The van der Waals surface area contributed by atoms with Gasteiger partial charge in [-0.1, -0.05) is 30.2 Å². The second-order valence-corrected chi connectivity index (χ2v) is 6.93. The van der Waals surface area contributed by atoms with Crippen LogP contribution >= 0.6 is 11.3 Å². The topological polar surface area (TPSA) is 67.8 Å². The van der Waals surface area contributed by atoms with Crippen molar-refractivity contribution in [1.82, 2.24) is 5.32 Å². The number of allylic oxidation sites excluding steroid dienone is 1. The molecular weight excluding hydrogens is 362 g/mol. The summed E-state index contributed by atoms with van der Waals surface area (Å²) in [6.45, 7) is 0.507. The van der Waals surface area contributed by atoms with Crippen molar-refractivity contribution >= 4 is 17.2 Å². The summed E-state index contributed by atoms with van der Waals surface area (Å²) in [4.78, 5) is 12.3. The predicted molar refractivity (Wildman–Crippen MR) is 104 cm³/mol. The van der Waals surface area contributed by atoms with Gasteiger partial charge in [-0.15, -0.1) is 6.42 Å². The molecule has 140 valence electrons. The highest BCUT2D eigenvalue weighted by molar-refractivity contribution is 7.08. The first-order chi connectivity index (χ1) is 13.2. The second kappa shape index (κ2) is 9.38. The second-order valence-electron chi connectivity index (χ2n) is 6.15. The molecule has 0 bridgehead atoms. The van der Waals surface area contributed by atoms with Gasteiger partial charge in [0.15, 0.2) is 5.76 Å². The number of nitrogens with one attached hydrogen (secondary N) is 1. The van der Waals surface area contributed by atoms with Crippen molar-refractivity contribution in [3.8, 4) is 12.3 Å². The molecule has 2 atom stereocenters. The minimum Gasteiger partial charge on any atom is -0.459 e. The molecule has 1 aliphatic rings. The van der Waals surface area contributed by atoms with Gasteiger partial charge in [-0.25, -0.2) is 0 Å². The Labute approximate surface area is 162 Å². The van der Waals surface area contributed by atoms with Gasteiger partial charge in [0.2, 0.25) is 6.29 Å². The number of aliphatic hydroxyl groups excluding tert-OH is 1. The number of terminal acetylenes is 1. The van der Waals surface area contributed by atoms with Crippen LogP contribution in [0.3, 0.4) is 0 Å². The molecule has 1 aliphatic heterocycles. The lowest BCUT2D eigenvalue weighted by molar-refractivity contribution is -0.150. The highest BCUT2D eigenvalue weighted by atomic mass is 32.1. The quantitative estimate of drug-likeness (QED) is 0.722. The third-order valence-corrected chi connectivity index (χ3v) is 4.95. The molecule has 5 nitrogen and oxygen atoms in total. The molecule has 0 fully saturated rings. The Morgan fingerprint density at radius 2 is 2.11 bits per heavy atom. The Balaban J connectivity index is 1.68. The molecule has 1 aromatic carbocycles.